The third-order valence-electron chi connectivity index (χ3n) is 14.4. The Balaban J connectivity index is 4.07. The molecule has 0 aliphatic carbocycles. The molecule has 0 saturated heterocycles. The average Bonchev–Trinajstić information content (AvgIpc) is 3.42. The highest BCUT2D eigenvalue weighted by Crippen LogP contribution is 2.38. The van der Waals surface area contributed by atoms with Crippen LogP contribution < -0.4 is 4.89 Å². The van der Waals surface area contributed by atoms with E-state index in [1.54, 1.807) is 0 Å². The second-order valence-electron chi connectivity index (χ2n) is 23.5. The normalized spacial score (nSPS) is 13.7. The van der Waals surface area contributed by atoms with Gasteiger partial charge in [0.05, 0.1) is 27.7 Å². The number of esters is 2. The van der Waals surface area contributed by atoms with Crippen LogP contribution in [0.2, 0.25) is 0 Å². The summed E-state index contributed by atoms with van der Waals surface area (Å²) in [5.74, 6) is -0.826. The summed E-state index contributed by atoms with van der Waals surface area (Å²) in [7, 11) is 1.17. The van der Waals surface area contributed by atoms with E-state index in [0.717, 1.165) is 77.0 Å². The first-order chi connectivity index (χ1) is 39.0. The second kappa shape index (κ2) is 60.8. The fourth-order valence-corrected chi connectivity index (χ4v) is 10.0. The number of phosphoric ester groups is 1. The first-order valence-corrected chi connectivity index (χ1v) is 34.8. The van der Waals surface area contributed by atoms with Gasteiger partial charge in [0.2, 0.25) is 0 Å². The number of allylic oxidation sites excluding steroid dienone is 14. The lowest BCUT2D eigenvalue weighted by Crippen LogP contribution is -2.37. The molecule has 0 saturated carbocycles. The molecule has 0 spiro atoms. The van der Waals surface area contributed by atoms with E-state index in [1.807, 2.05) is 21.1 Å². The average molecular weight is 1140 g/mol. The lowest BCUT2D eigenvalue weighted by Gasteiger charge is -2.28. The highest BCUT2D eigenvalue weighted by molar-refractivity contribution is 7.45. The fourth-order valence-electron chi connectivity index (χ4n) is 9.30. The van der Waals surface area contributed by atoms with Crippen LogP contribution in [0.3, 0.4) is 0 Å². The SMILES string of the molecule is CC/C=C\C/C=C\C/C=C\C/C=C\C/C=C\CCCCCCCCCCCCCCCCCC(=O)OC(COC(=O)CCCCCCCCCCCCCCC/C=C\C/C=C\CCCCCCC)COP(=O)([O-])OCC[N+](C)(C)C. The zero-order valence-electron chi connectivity index (χ0n) is 52.8. The molecule has 0 aromatic carbocycles. The van der Waals surface area contributed by atoms with Crippen molar-refractivity contribution in [3.8, 4) is 0 Å². The van der Waals surface area contributed by atoms with Gasteiger partial charge >= 0.3 is 11.9 Å². The van der Waals surface area contributed by atoms with Crippen LogP contribution in [0.5, 0.6) is 0 Å². The number of quaternary nitrogens is 1. The molecular weight excluding hydrogens is 1010 g/mol. The third-order valence-corrected chi connectivity index (χ3v) is 15.4. The Morgan fingerprint density at radius 3 is 1.06 bits per heavy atom. The molecule has 0 fully saturated rings. The van der Waals surface area contributed by atoms with Gasteiger partial charge in [-0.2, -0.15) is 0 Å². The summed E-state index contributed by atoms with van der Waals surface area (Å²) >= 11 is 0. The van der Waals surface area contributed by atoms with E-state index in [4.69, 9.17) is 18.5 Å². The topological polar surface area (TPSA) is 111 Å². The minimum atomic E-state index is -4.64. The summed E-state index contributed by atoms with van der Waals surface area (Å²) in [6.07, 6.45) is 82.2. The first-order valence-electron chi connectivity index (χ1n) is 33.3. The number of hydrogen-bond acceptors (Lipinski definition) is 8. The summed E-state index contributed by atoms with van der Waals surface area (Å²) in [6.45, 7) is 4.15. The van der Waals surface area contributed by atoms with E-state index in [9.17, 15) is 19.0 Å². The number of nitrogens with zero attached hydrogens (tertiary/aromatic N) is 1. The van der Waals surface area contributed by atoms with E-state index in [0.29, 0.717) is 17.4 Å². The van der Waals surface area contributed by atoms with Crippen molar-refractivity contribution < 1.29 is 42.1 Å². The van der Waals surface area contributed by atoms with E-state index >= 15 is 0 Å². The number of phosphoric acid groups is 1. The van der Waals surface area contributed by atoms with Gasteiger partial charge in [0, 0.05) is 12.8 Å². The van der Waals surface area contributed by atoms with Gasteiger partial charge in [0.15, 0.2) is 6.10 Å². The van der Waals surface area contributed by atoms with Gasteiger partial charge in [-0.05, 0) is 89.9 Å². The first kappa shape index (κ1) is 77.2. The maximum absolute atomic E-state index is 12.9. The molecule has 0 N–H and O–H groups in total. The van der Waals surface area contributed by atoms with Crippen molar-refractivity contribution in [2.24, 2.45) is 0 Å². The van der Waals surface area contributed by atoms with Crippen LogP contribution in [0.15, 0.2) is 85.1 Å². The summed E-state index contributed by atoms with van der Waals surface area (Å²) in [5.41, 5.74) is 0. The molecule has 0 aliphatic heterocycles. The Bertz CT molecular complexity index is 1630. The summed E-state index contributed by atoms with van der Waals surface area (Å²) in [4.78, 5) is 38.0. The van der Waals surface area contributed by atoms with E-state index < -0.39 is 26.5 Å². The number of hydrogen-bond donors (Lipinski definition) is 0. The Morgan fingerprint density at radius 2 is 0.713 bits per heavy atom. The highest BCUT2D eigenvalue weighted by Gasteiger charge is 2.22. The molecule has 0 heterocycles. The van der Waals surface area contributed by atoms with E-state index in [-0.39, 0.29) is 32.0 Å². The lowest BCUT2D eigenvalue weighted by molar-refractivity contribution is -0.870. The predicted molar refractivity (Wildman–Crippen MR) is 342 cm³/mol. The number of unbranched alkanes of at least 4 members (excludes halogenated alkanes) is 33. The third kappa shape index (κ3) is 64.4. The quantitative estimate of drug-likeness (QED) is 0.0195. The minimum Gasteiger partial charge on any atom is -0.756 e. The maximum Gasteiger partial charge on any atom is 0.306 e. The molecule has 0 amide bonds. The maximum atomic E-state index is 12.9. The molecule has 10 heteroatoms. The van der Waals surface area contributed by atoms with Crippen LogP contribution in [-0.4, -0.2) is 70.0 Å². The van der Waals surface area contributed by atoms with Gasteiger partial charge in [0.25, 0.3) is 7.82 Å². The lowest BCUT2D eigenvalue weighted by atomic mass is 10.0. The minimum absolute atomic E-state index is 0.0325. The molecule has 0 aliphatic rings. The molecule has 0 rings (SSSR count). The zero-order chi connectivity index (χ0) is 58.4. The van der Waals surface area contributed by atoms with Crippen LogP contribution in [0.1, 0.15) is 296 Å². The van der Waals surface area contributed by atoms with Gasteiger partial charge in [-0.3, -0.25) is 14.2 Å². The molecule has 0 aromatic rings. The van der Waals surface area contributed by atoms with Crippen LogP contribution in [0.25, 0.3) is 0 Å². The van der Waals surface area contributed by atoms with Crippen molar-refractivity contribution in [1.29, 1.82) is 0 Å². The zero-order valence-corrected chi connectivity index (χ0v) is 53.7. The van der Waals surface area contributed by atoms with Gasteiger partial charge in [0.1, 0.15) is 19.8 Å². The standard InChI is InChI=1S/C70H126NO8P/c1-6-8-10-12-14-16-18-20-22-24-26-28-30-32-33-34-35-36-37-39-41-43-45-47-49-51-53-55-57-59-61-63-70(73)79-68(67-78-80(74,75)77-65-64-71(3,4)5)66-76-69(72)62-60-58-56-54-52-50-48-46-44-42-40-38-31-29-27-25-23-21-19-17-15-13-11-9-7-2/h8,10,14,16,19-22,25-28,32-33,68H,6-7,9,11-13,15,17-18,23-24,29-31,34-67H2,1-5H3/b10-8-,16-14-,21-19-,22-20-,27-25-,28-26-,33-32-. The summed E-state index contributed by atoms with van der Waals surface area (Å²) < 4.78 is 34.3. The molecule has 464 valence electrons. The Labute approximate surface area is 494 Å². The van der Waals surface area contributed by atoms with Gasteiger partial charge in [-0.1, -0.05) is 279 Å². The van der Waals surface area contributed by atoms with Crippen molar-refractivity contribution >= 4 is 19.8 Å². The molecule has 0 aromatic heterocycles. The Kier molecular flexibility index (Phi) is 58.6. The van der Waals surface area contributed by atoms with Gasteiger partial charge in [-0.15, -0.1) is 0 Å². The van der Waals surface area contributed by atoms with Crippen molar-refractivity contribution in [3.05, 3.63) is 85.1 Å². The number of ether oxygens (including phenoxy) is 2. The number of carbonyl (C=O) groups is 2. The number of carbonyl (C=O) groups excluding carboxylic acids is 2. The van der Waals surface area contributed by atoms with Crippen LogP contribution in [0.4, 0.5) is 0 Å². The Hall–Kier alpha value is -2.81. The fraction of sp³-hybridized carbons (Fsp3) is 0.771. The van der Waals surface area contributed by atoms with E-state index in [2.05, 4.69) is 98.9 Å². The summed E-state index contributed by atoms with van der Waals surface area (Å²) in [5, 5.41) is 0. The van der Waals surface area contributed by atoms with Crippen molar-refractivity contribution in [2.45, 2.75) is 302 Å². The van der Waals surface area contributed by atoms with Crippen LogP contribution in [0, 0.1) is 0 Å². The monoisotopic (exact) mass is 1140 g/mol. The van der Waals surface area contributed by atoms with Crippen molar-refractivity contribution in [2.75, 3.05) is 47.5 Å². The number of likely N-dealkylation sites (N-methyl/N-ethyl adjacent to an activating group) is 1. The molecule has 0 radical (unpaired) electrons. The van der Waals surface area contributed by atoms with Crippen molar-refractivity contribution in [1.82, 2.24) is 0 Å². The van der Waals surface area contributed by atoms with Gasteiger partial charge < -0.3 is 27.9 Å². The molecule has 2 unspecified atom stereocenters. The predicted octanol–water partition coefficient (Wildman–Crippen LogP) is 20.7. The molecule has 80 heavy (non-hydrogen) atoms. The second-order valence-corrected chi connectivity index (χ2v) is 24.9. The van der Waals surface area contributed by atoms with Crippen LogP contribution in [-0.2, 0) is 32.7 Å². The molecular formula is C70H126NO8P. The molecule has 9 nitrogen and oxygen atoms in total. The van der Waals surface area contributed by atoms with Crippen molar-refractivity contribution in [3.63, 3.8) is 0 Å². The number of rotatable bonds is 61. The highest BCUT2D eigenvalue weighted by atomic mass is 31.2. The smallest absolute Gasteiger partial charge is 0.306 e. The summed E-state index contributed by atoms with van der Waals surface area (Å²) in [6, 6.07) is 0. The Morgan fingerprint density at radius 1 is 0.400 bits per heavy atom. The molecule has 2 atom stereocenters. The van der Waals surface area contributed by atoms with Crippen LogP contribution >= 0.6 is 7.82 Å². The largest absolute Gasteiger partial charge is 0.756 e. The van der Waals surface area contributed by atoms with Gasteiger partial charge in [-0.25, -0.2) is 0 Å². The van der Waals surface area contributed by atoms with E-state index in [1.165, 1.54) is 186 Å². The molecule has 0 bridgehead atoms.